The average molecular weight is 548 g/mol. The lowest BCUT2D eigenvalue weighted by Gasteiger charge is -2.32. The lowest BCUT2D eigenvalue weighted by molar-refractivity contribution is -0.139. The normalized spacial score (nSPS) is 11.8. The van der Waals surface area contributed by atoms with Crippen molar-refractivity contribution in [3.63, 3.8) is 0 Å². The number of rotatable bonds is 11. The van der Waals surface area contributed by atoms with E-state index in [0.29, 0.717) is 27.8 Å². The quantitative estimate of drug-likeness (QED) is 0.297. The third-order valence-corrected chi connectivity index (χ3v) is 7.19. The van der Waals surface area contributed by atoms with Gasteiger partial charge in [0.05, 0.1) is 5.75 Å². The van der Waals surface area contributed by atoms with E-state index in [9.17, 15) is 14.0 Å². The molecule has 0 aliphatic heterocycles. The molecule has 1 unspecified atom stereocenters. The average Bonchev–Trinajstić information content (AvgIpc) is 2.84. The third kappa shape index (κ3) is 7.99. The van der Waals surface area contributed by atoms with Crippen molar-refractivity contribution in [2.75, 3.05) is 5.75 Å². The molecule has 1 N–H and O–H groups in total. The van der Waals surface area contributed by atoms with Crippen LogP contribution in [0.25, 0.3) is 0 Å². The van der Waals surface area contributed by atoms with Gasteiger partial charge in [0.15, 0.2) is 0 Å². The number of amides is 2. The molecule has 0 saturated carbocycles. The number of hydrogen-bond donors (Lipinski definition) is 1. The van der Waals surface area contributed by atoms with Crippen molar-refractivity contribution in [3.8, 4) is 0 Å². The van der Waals surface area contributed by atoms with Gasteiger partial charge >= 0.3 is 0 Å². The molecule has 36 heavy (non-hydrogen) atoms. The van der Waals surface area contributed by atoms with Gasteiger partial charge in [-0.25, -0.2) is 4.39 Å². The van der Waals surface area contributed by atoms with Crippen LogP contribution in [0.1, 0.15) is 30.5 Å². The van der Waals surface area contributed by atoms with Gasteiger partial charge in [-0.05, 0) is 43.2 Å². The van der Waals surface area contributed by atoms with Crippen LogP contribution in [0, 0.1) is 5.82 Å². The second-order valence-electron chi connectivity index (χ2n) is 8.67. The number of nitrogens with zero attached hydrogens (tertiary/aromatic N) is 1. The highest BCUT2D eigenvalue weighted by molar-refractivity contribution is 7.99. The smallest absolute Gasteiger partial charge is 0.243 e. The van der Waals surface area contributed by atoms with Crippen molar-refractivity contribution < 1.29 is 14.0 Å². The number of hydrogen-bond acceptors (Lipinski definition) is 3. The van der Waals surface area contributed by atoms with Crippen LogP contribution in [0.15, 0.2) is 72.8 Å². The number of carbonyl (C=O) groups excluding carboxylic acids is 2. The Morgan fingerprint density at radius 2 is 1.58 bits per heavy atom. The summed E-state index contributed by atoms with van der Waals surface area (Å²) in [6, 6.07) is 20.1. The molecule has 0 fully saturated rings. The van der Waals surface area contributed by atoms with Gasteiger partial charge in [-0.1, -0.05) is 77.8 Å². The number of thioether (sulfide) groups is 1. The Labute approximate surface area is 226 Å². The molecule has 4 nitrogen and oxygen atoms in total. The molecule has 0 aliphatic carbocycles. The standard InChI is InChI=1S/C28H29Cl2FN2O2S/c1-19(2)32-28(35)26(15-20-9-4-3-5-10-20)33(16-21-11-6-7-14-25(21)31)27(34)18-36-17-22-23(29)12-8-13-24(22)30/h3-14,19,26H,15-18H2,1-2H3,(H,32,35). The fraction of sp³-hybridized carbons (Fsp3) is 0.286. The van der Waals surface area contributed by atoms with Crippen molar-refractivity contribution in [3.05, 3.63) is 105 Å². The van der Waals surface area contributed by atoms with Gasteiger partial charge in [-0.2, -0.15) is 0 Å². The van der Waals surface area contributed by atoms with Crippen molar-refractivity contribution in [1.29, 1.82) is 0 Å². The first kappa shape index (κ1) is 28.0. The molecule has 0 saturated heterocycles. The summed E-state index contributed by atoms with van der Waals surface area (Å²) in [7, 11) is 0. The summed E-state index contributed by atoms with van der Waals surface area (Å²) in [5, 5.41) is 3.99. The van der Waals surface area contributed by atoms with Crippen LogP contribution >= 0.6 is 35.0 Å². The largest absolute Gasteiger partial charge is 0.352 e. The molecule has 0 spiro atoms. The summed E-state index contributed by atoms with van der Waals surface area (Å²) < 4.78 is 14.6. The van der Waals surface area contributed by atoms with Crippen LogP contribution in [0.3, 0.4) is 0 Å². The summed E-state index contributed by atoms with van der Waals surface area (Å²) in [5.74, 6) is -0.465. The maximum atomic E-state index is 14.6. The molecule has 0 aliphatic rings. The first-order valence-electron chi connectivity index (χ1n) is 11.6. The van der Waals surface area contributed by atoms with E-state index in [1.165, 1.54) is 22.7 Å². The maximum absolute atomic E-state index is 14.6. The summed E-state index contributed by atoms with van der Waals surface area (Å²) in [5.41, 5.74) is 2.00. The van der Waals surface area contributed by atoms with Crippen LogP contribution in [0.4, 0.5) is 4.39 Å². The van der Waals surface area contributed by atoms with E-state index >= 15 is 0 Å². The molecule has 0 bridgehead atoms. The summed E-state index contributed by atoms with van der Waals surface area (Å²) in [6.07, 6.45) is 0.306. The van der Waals surface area contributed by atoms with E-state index in [2.05, 4.69) is 5.32 Å². The van der Waals surface area contributed by atoms with Gasteiger partial charge in [-0.3, -0.25) is 9.59 Å². The van der Waals surface area contributed by atoms with E-state index in [0.717, 1.165) is 11.1 Å². The molecular formula is C28H29Cl2FN2O2S. The van der Waals surface area contributed by atoms with Gasteiger partial charge in [0.2, 0.25) is 11.8 Å². The molecular weight excluding hydrogens is 518 g/mol. The zero-order chi connectivity index (χ0) is 26.1. The molecule has 0 radical (unpaired) electrons. The molecule has 3 aromatic carbocycles. The minimum atomic E-state index is -0.814. The predicted molar refractivity (Wildman–Crippen MR) is 147 cm³/mol. The number of benzene rings is 3. The Hall–Kier alpha value is -2.54. The number of carbonyl (C=O) groups is 2. The second-order valence-corrected chi connectivity index (χ2v) is 10.5. The van der Waals surface area contributed by atoms with Crippen LogP contribution in [-0.4, -0.2) is 34.6 Å². The fourth-order valence-corrected chi connectivity index (χ4v) is 5.39. The summed E-state index contributed by atoms with van der Waals surface area (Å²) >= 11 is 13.9. The van der Waals surface area contributed by atoms with Gasteiger partial charge < -0.3 is 10.2 Å². The number of nitrogens with one attached hydrogen (secondary N) is 1. The highest BCUT2D eigenvalue weighted by atomic mass is 35.5. The summed E-state index contributed by atoms with van der Waals surface area (Å²) in [6.45, 7) is 3.70. The van der Waals surface area contributed by atoms with Gasteiger partial charge in [0.25, 0.3) is 0 Å². The highest BCUT2D eigenvalue weighted by Gasteiger charge is 2.31. The fourth-order valence-electron chi connectivity index (χ4n) is 3.74. The monoisotopic (exact) mass is 546 g/mol. The molecule has 1 atom stereocenters. The lowest BCUT2D eigenvalue weighted by atomic mass is 10.0. The van der Waals surface area contributed by atoms with E-state index in [1.807, 2.05) is 44.2 Å². The minimum absolute atomic E-state index is 0.0259. The molecule has 3 aromatic rings. The minimum Gasteiger partial charge on any atom is -0.352 e. The first-order chi connectivity index (χ1) is 17.3. The van der Waals surface area contributed by atoms with Crippen LogP contribution in [0.2, 0.25) is 10.0 Å². The van der Waals surface area contributed by atoms with Gasteiger partial charge in [0.1, 0.15) is 11.9 Å². The Morgan fingerprint density at radius 1 is 0.944 bits per heavy atom. The van der Waals surface area contributed by atoms with E-state index in [4.69, 9.17) is 23.2 Å². The zero-order valence-electron chi connectivity index (χ0n) is 20.2. The van der Waals surface area contributed by atoms with Crippen LogP contribution in [-0.2, 0) is 28.3 Å². The lowest BCUT2D eigenvalue weighted by Crippen LogP contribution is -2.52. The van der Waals surface area contributed by atoms with Crippen molar-refractivity contribution in [2.24, 2.45) is 0 Å². The van der Waals surface area contributed by atoms with Crippen molar-refractivity contribution in [2.45, 2.75) is 44.6 Å². The Kier molecular flexibility index (Phi) is 10.7. The molecule has 0 heterocycles. The van der Waals surface area contributed by atoms with Gasteiger partial charge in [0, 0.05) is 40.4 Å². The van der Waals surface area contributed by atoms with E-state index in [-0.39, 0.29) is 30.2 Å². The topological polar surface area (TPSA) is 49.4 Å². The predicted octanol–water partition coefficient (Wildman–Crippen LogP) is 6.53. The Balaban J connectivity index is 1.88. The zero-order valence-corrected chi connectivity index (χ0v) is 22.5. The SMILES string of the molecule is CC(C)NC(=O)C(Cc1ccccc1)N(Cc1ccccc1F)C(=O)CSCc1c(Cl)cccc1Cl. The third-order valence-electron chi connectivity index (χ3n) is 5.53. The van der Waals surface area contributed by atoms with E-state index < -0.39 is 11.9 Å². The highest BCUT2D eigenvalue weighted by Crippen LogP contribution is 2.28. The van der Waals surface area contributed by atoms with Crippen molar-refractivity contribution >= 4 is 46.8 Å². The Bertz CT molecular complexity index is 1160. The molecule has 190 valence electrons. The maximum Gasteiger partial charge on any atom is 0.243 e. The molecule has 8 heteroatoms. The summed E-state index contributed by atoms with van der Waals surface area (Å²) in [4.78, 5) is 28.4. The van der Waals surface area contributed by atoms with Gasteiger partial charge in [-0.15, -0.1) is 11.8 Å². The second kappa shape index (κ2) is 13.7. The van der Waals surface area contributed by atoms with E-state index in [1.54, 1.807) is 36.4 Å². The molecule has 2 amide bonds. The first-order valence-corrected chi connectivity index (χ1v) is 13.5. The van der Waals surface area contributed by atoms with Crippen molar-refractivity contribution in [1.82, 2.24) is 10.2 Å². The Morgan fingerprint density at radius 3 is 2.22 bits per heavy atom. The van der Waals surface area contributed by atoms with Crippen LogP contribution in [0.5, 0.6) is 0 Å². The molecule has 3 rings (SSSR count). The molecule has 0 aromatic heterocycles. The number of halogens is 3. The van der Waals surface area contributed by atoms with Crippen LogP contribution < -0.4 is 5.32 Å².